The van der Waals surface area contributed by atoms with Crippen LogP contribution in [0.2, 0.25) is 5.02 Å². The van der Waals surface area contributed by atoms with Gasteiger partial charge in [0.1, 0.15) is 12.3 Å². The van der Waals surface area contributed by atoms with Gasteiger partial charge in [-0.25, -0.2) is 0 Å². The Morgan fingerprint density at radius 2 is 1.91 bits per heavy atom. The summed E-state index contributed by atoms with van der Waals surface area (Å²) in [4.78, 5) is 40.4. The van der Waals surface area contributed by atoms with E-state index in [9.17, 15) is 14.4 Å². The fourth-order valence-corrected chi connectivity index (χ4v) is 3.89. The average Bonchev–Trinajstić information content (AvgIpc) is 2.81. The van der Waals surface area contributed by atoms with Gasteiger partial charge in [0.15, 0.2) is 0 Å². The zero-order chi connectivity index (χ0) is 24.0. The van der Waals surface area contributed by atoms with Crippen LogP contribution < -0.4 is 19.9 Å². The van der Waals surface area contributed by atoms with E-state index < -0.39 is 12.5 Å². The lowest BCUT2D eigenvalue weighted by Gasteiger charge is -2.36. The topological polar surface area (TPSA) is 102 Å². The van der Waals surface area contributed by atoms with E-state index in [0.29, 0.717) is 54.7 Å². The summed E-state index contributed by atoms with van der Waals surface area (Å²) in [6.07, 6.45) is 0.473. The molecule has 2 aromatic carbocycles. The monoisotopic (exact) mass is 474 g/mol. The van der Waals surface area contributed by atoms with Crippen molar-refractivity contribution >= 4 is 46.9 Å². The molecule has 2 N–H and O–H groups in total. The molecule has 0 aliphatic carbocycles. The molecule has 2 aromatic rings. The van der Waals surface area contributed by atoms with E-state index in [1.165, 1.54) is 0 Å². The number of amides is 2. The molecule has 1 heterocycles. The number of halogens is 1. The lowest BCUT2D eigenvalue weighted by Crippen LogP contribution is -2.50. The minimum Gasteiger partial charge on any atom is -0.495 e. The summed E-state index contributed by atoms with van der Waals surface area (Å²) in [5, 5.41) is 12.7. The number of carboxylic acid groups (broad SMARTS) is 1. The molecular formula is C23H27ClN4O5. The van der Waals surface area contributed by atoms with E-state index in [0.717, 1.165) is 16.2 Å². The molecule has 176 valence electrons. The maximum absolute atomic E-state index is 12.8. The second kappa shape index (κ2) is 10.9. The SMILES string of the molecule is COc1cc(N2CCN(C(=O)CNc3ccc(C)cc3N(C=O)CC(=O)O)CC2)ccc1Cl. The Morgan fingerprint density at radius 1 is 1.18 bits per heavy atom. The van der Waals surface area contributed by atoms with Crippen LogP contribution in [-0.4, -0.2) is 74.7 Å². The third-order valence-electron chi connectivity index (χ3n) is 5.46. The number of piperazine rings is 1. The number of nitrogens with zero attached hydrogens (tertiary/aromatic N) is 3. The fraction of sp³-hybridized carbons (Fsp3) is 0.348. The normalized spacial score (nSPS) is 13.4. The number of rotatable bonds is 9. The molecule has 33 heavy (non-hydrogen) atoms. The predicted molar refractivity (Wildman–Crippen MR) is 128 cm³/mol. The molecule has 1 fully saturated rings. The minimum atomic E-state index is -1.12. The lowest BCUT2D eigenvalue weighted by atomic mass is 10.1. The summed E-state index contributed by atoms with van der Waals surface area (Å²) in [6.45, 7) is 3.88. The quantitative estimate of drug-likeness (QED) is 0.538. The number of anilines is 3. The van der Waals surface area contributed by atoms with Crippen LogP contribution in [0.15, 0.2) is 36.4 Å². The number of carboxylic acids is 1. The second-order valence-electron chi connectivity index (χ2n) is 7.69. The van der Waals surface area contributed by atoms with Crippen molar-refractivity contribution in [1.29, 1.82) is 0 Å². The van der Waals surface area contributed by atoms with Crippen molar-refractivity contribution in [3.63, 3.8) is 0 Å². The van der Waals surface area contributed by atoms with Gasteiger partial charge in [-0.1, -0.05) is 17.7 Å². The van der Waals surface area contributed by atoms with Gasteiger partial charge >= 0.3 is 5.97 Å². The summed E-state index contributed by atoms with van der Waals surface area (Å²) in [5.41, 5.74) is 2.79. The number of methoxy groups -OCH3 is 1. The van der Waals surface area contributed by atoms with Crippen LogP contribution in [0.3, 0.4) is 0 Å². The molecule has 3 rings (SSSR count). The van der Waals surface area contributed by atoms with Crippen LogP contribution in [-0.2, 0) is 14.4 Å². The zero-order valence-electron chi connectivity index (χ0n) is 18.6. The van der Waals surface area contributed by atoms with Crippen LogP contribution >= 0.6 is 11.6 Å². The van der Waals surface area contributed by atoms with Crippen molar-refractivity contribution in [3.8, 4) is 5.75 Å². The van der Waals surface area contributed by atoms with Crippen molar-refractivity contribution in [2.24, 2.45) is 0 Å². The largest absolute Gasteiger partial charge is 0.495 e. The predicted octanol–water partition coefficient (Wildman–Crippen LogP) is 2.47. The number of aliphatic carboxylic acids is 1. The molecule has 0 spiro atoms. The van der Waals surface area contributed by atoms with Crippen molar-refractivity contribution in [2.45, 2.75) is 6.92 Å². The standard InChI is InChI=1S/C23H27ClN4O5/c1-16-3-6-19(20(11-16)28(15-29)14-23(31)32)25-13-22(30)27-9-7-26(8-10-27)17-4-5-18(24)21(12-17)33-2/h3-6,11-12,15,25H,7-10,13-14H2,1-2H3,(H,31,32). The molecule has 1 aliphatic rings. The molecule has 9 nitrogen and oxygen atoms in total. The van der Waals surface area contributed by atoms with Crippen LogP contribution in [0, 0.1) is 6.92 Å². The Bertz CT molecular complexity index is 1020. The molecule has 0 bridgehead atoms. The summed E-state index contributed by atoms with van der Waals surface area (Å²) >= 11 is 6.10. The van der Waals surface area contributed by atoms with Crippen LogP contribution in [0.1, 0.15) is 5.56 Å². The summed E-state index contributed by atoms with van der Waals surface area (Å²) in [6, 6.07) is 10.9. The Hall–Kier alpha value is -3.46. The van der Waals surface area contributed by atoms with E-state index in [-0.39, 0.29) is 12.5 Å². The molecule has 0 aromatic heterocycles. The molecule has 1 saturated heterocycles. The maximum Gasteiger partial charge on any atom is 0.323 e. The highest BCUT2D eigenvalue weighted by Gasteiger charge is 2.22. The smallest absolute Gasteiger partial charge is 0.323 e. The number of nitrogens with one attached hydrogen (secondary N) is 1. The van der Waals surface area contributed by atoms with Crippen LogP contribution in [0.25, 0.3) is 0 Å². The third-order valence-corrected chi connectivity index (χ3v) is 5.77. The van der Waals surface area contributed by atoms with Gasteiger partial charge in [0, 0.05) is 37.9 Å². The first-order valence-corrected chi connectivity index (χ1v) is 10.8. The Labute approximate surface area is 197 Å². The maximum atomic E-state index is 12.8. The molecule has 1 aliphatic heterocycles. The Kier molecular flexibility index (Phi) is 8.00. The number of hydrogen-bond acceptors (Lipinski definition) is 6. The molecular weight excluding hydrogens is 448 g/mol. The number of carbonyl (C=O) groups is 3. The Morgan fingerprint density at radius 3 is 2.55 bits per heavy atom. The molecule has 0 unspecified atom stereocenters. The highest BCUT2D eigenvalue weighted by Crippen LogP contribution is 2.30. The molecule has 0 atom stereocenters. The van der Waals surface area contributed by atoms with E-state index in [4.69, 9.17) is 21.4 Å². The average molecular weight is 475 g/mol. The van der Waals surface area contributed by atoms with Gasteiger partial charge in [0.25, 0.3) is 0 Å². The van der Waals surface area contributed by atoms with Gasteiger partial charge in [0.2, 0.25) is 12.3 Å². The molecule has 2 amide bonds. The van der Waals surface area contributed by atoms with Crippen LogP contribution in [0.4, 0.5) is 17.1 Å². The molecule has 0 radical (unpaired) electrons. The number of aryl methyl sites for hydroxylation is 1. The molecule has 10 heteroatoms. The fourth-order valence-electron chi connectivity index (χ4n) is 3.70. The second-order valence-corrected chi connectivity index (χ2v) is 8.10. The molecule has 0 saturated carbocycles. The van der Waals surface area contributed by atoms with Gasteiger partial charge in [-0.15, -0.1) is 0 Å². The number of hydrogen-bond donors (Lipinski definition) is 2. The number of ether oxygens (including phenoxy) is 1. The van der Waals surface area contributed by atoms with Crippen LogP contribution in [0.5, 0.6) is 5.75 Å². The highest BCUT2D eigenvalue weighted by molar-refractivity contribution is 6.32. The van der Waals surface area contributed by atoms with E-state index in [2.05, 4.69) is 10.2 Å². The van der Waals surface area contributed by atoms with E-state index in [1.54, 1.807) is 30.2 Å². The summed E-state index contributed by atoms with van der Waals surface area (Å²) in [5.74, 6) is -0.592. The first-order valence-electron chi connectivity index (χ1n) is 10.5. The van der Waals surface area contributed by atoms with Crippen molar-refractivity contribution < 1.29 is 24.2 Å². The van der Waals surface area contributed by atoms with Gasteiger partial charge in [-0.05, 0) is 36.8 Å². The van der Waals surface area contributed by atoms with Crippen molar-refractivity contribution in [3.05, 3.63) is 47.0 Å². The van der Waals surface area contributed by atoms with Crippen molar-refractivity contribution in [2.75, 3.05) is 61.5 Å². The summed E-state index contributed by atoms with van der Waals surface area (Å²) < 4.78 is 5.28. The van der Waals surface area contributed by atoms with E-state index >= 15 is 0 Å². The third kappa shape index (κ3) is 6.07. The van der Waals surface area contributed by atoms with Gasteiger partial charge in [0.05, 0.1) is 30.1 Å². The first kappa shape index (κ1) is 24.2. The number of benzene rings is 2. The van der Waals surface area contributed by atoms with Gasteiger partial charge < -0.3 is 29.9 Å². The minimum absolute atomic E-state index is 0.0323. The lowest BCUT2D eigenvalue weighted by molar-refractivity contribution is -0.136. The number of carbonyl (C=O) groups excluding carboxylic acids is 2. The zero-order valence-corrected chi connectivity index (χ0v) is 19.3. The Balaban J connectivity index is 1.60. The van der Waals surface area contributed by atoms with Gasteiger partial charge in [-0.3, -0.25) is 14.4 Å². The van der Waals surface area contributed by atoms with E-state index in [1.807, 2.05) is 25.1 Å². The van der Waals surface area contributed by atoms with Gasteiger partial charge in [-0.2, -0.15) is 0 Å². The highest BCUT2D eigenvalue weighted by atomic mass is 35.5. The summed E-state index contributed by atoms with van der Waals surface area (Å²) in [7, 11) is 1.57. The first-order chi connectivity index (χ1) is 15.8. The van der Waals surface area contributed by atoms with Crippen molar-refractivity contribution in [1.82, 2.24) is 4.90 Å².